The molecule has 2 heterocycles. The smallest absolute Gasteiger partial charge is 0.263 e. The zero-order chi connectivity index (χ0) is 15.9. The van der Waals surface area contributed by atoms with Crippen molar-refractivity contribution in [3.05, 3.63) is 42.2 Å². The molecule has 3 rings (SSSR count). The van der Waals surface area contributed by atoms with Crippen molar-refractivity contribution in [3.63, 3.8) is 0 Å². The predicted octanol–water partition coefficient (Wildman–Crippen LogP) is 3.29. The predicted molar refractivity (Wildman–Crippen MR) is 78.4 cm³/mol. The Kier molecular flexibility index (Phi) is 3.39. The van der Waals surface area contributed by atoms with Crippen molar-refractivity contribution in [1.29, 1.82) is 0 Å². The zero-order valence-electron chi connectivity index (χ0n) is 12.2. The van der Waals surface area contributed by atoms with Gasteiger partial charge >= 0.3 is 0 Å². The molecule has 6 heteroatoms. The van der Waals surface area contributed by atoms with Gasteiger partial charge in [-0.3, -0.25) is 9.78 Å². The standard InChI is InChI=1S/C16H15F2N3O/c1-9-8-20-13(7-11(9)12-5-3-4-6-19-12)21-15(22)14-10(2)16(14,17)18/h3-8,10,14H,1-2H3,(H,20,21,22)/t10-,14-/m0/s1. The van der Waals surface area contributed by atoms with E-state index in [1.165, 1.54) is 6.92 Å². The number of anilines is 1. The molecule has 1 amide bonds. The molecule has 22 heavy (non-hydrogen) atoms. The molecular formula is C16H15F2N3O. The Balaban J connectivity index is 1.83. The lowest BCUT2D eigenvalue weighted by Gasteiger charge is -2.09. The highest BCUT2D eigenvalue weighted by Gasteiger charge is 2.69. The molecule has 1 fully saturated rings. The fourth-order valence-corrected chi connectivity index (χ4v) is 2.48. The lowest BCUT2D eigenvalue weighted by molar-refractivity contribution is -0.119. The molecule has 0 spiro atoms. The van der Waals surface area contributed by atoms with Gasteiger partial charge in [-0.2, -0.15) is 0 Å². The molecule has 2 aromatic rings. The number of nitrogens with one attached hydrogen (secondary N) is 1. The summed E-state index contributed by atoms with van der Waals surface area (Å²) in [4.78, 5) is 20.2. The van der Waals surface area contributed by atoms with E-state index in [0.717, 1.165) is 16.8 Å². The van der Waals surface area contributed by atoms with Gasteiger partial charge in [0.2, 0.25) is 5.91 Å². The average Bonchev–Trinajstić information content (AvgIpc) is 3.00. The van der Waals surface area contributed by atoms with Gasteiger partial charge in [-0.15, -0.1) is 0 Å². The topological polar surface area (TPSA) is 54.9 Å². The van der Waals surface area contributed by atoms with Gasteiger partial charge in [0.25, 0.3) is 5.92 Å². The van der Waals surface area contributed by atoms with E-state index < -0.39 is 23.7 Å². The minimum Gasteiger partial charge on any atom is -0.310 e. The number of amides is 1. The second-order valence-corrected chi connectivity index (χ2v) is 5.53. The van der Waals surface area contributed by atoms with E-state index >= 15 is 0 Å². The van der Waals surface area contributed by atoms with Crippen LogP contribution in [0.5, 0.6) is 0 Å². The lowest BCUT2D eigenvalue weighted by Crippen LogP contribution is -2.18. The van der Waals surface area contributed by atoms with E-state index in [1.54, 1.807) is 24.5 Å². The second-order valence-electron chi connectivity index (χ2n) is 5.53. The van der Waals surface area contributed by atoms with E-state index in [0.29, 0.717) is 0 Å². The number of aromatic nitrogens is 2. The van der Waals surface area contributed by atoms with Gasteiger partial charge in [-0.1, -0.05) is 13.0 Å². The van der Waals surface area contributed by atoms with Gasteiger partial charge in [0.1, 0.15) is 11.7 Å². The number of halogens is 2. The van der Waals surface area contributed by atoms with Gasteiger partial charge in [-0.05, 0) is 30.7 Å². The Hall–Kier alpha value is -2.37. The van der Waals surface area contributed by atoms with Gasteiger partial charge in [0.05, 0.1) is 5.69 Å². The summed E-state index contributed by atoms with van der Waals surface area (Å²) in [5, 5.41) is 2.47. The third-order valence-corrected chi connectivity index (χ3v) is 3.99. The number of pyridine rings is 2. The summed E-state index contributed by atoms with van der Waals surface area (Å²) in [5.74, 6) is -5.55. The maximum atomic E-state index is 13.3. The number of rotatable bonds is 3. The van der Waals surface area contributed by atoms with Crippen LogP contribution in [0.2, 0.25) is 0 Å². The molecule has 0 unspecified atom stereocenters. The number of alkyl halides is 2. The van der Waals surface area contributed by atoms with E-state index in [4.69, 9.17) is 0 Å². The van der Waals surface area contributed by atoms with Crippen LogP contribution in [-0.2, 0) is 4.79 Å². The van der Waals surface area contributed by atoms with Crippen molar-refractivity contribution in [2.75, 3.05) is 5.32 Å². The van der Waals surface area contributed by atoms with Gasteiger partial charge in [-0.25, -0.2) is 13.8 Å². The summed E-state index contributed by atoms with van der Waals surface area (Å²) >= 11 is 0. The van der Waals surface area contributed by atoms with Crippen molar-refractivity contribution in [1.82, 2.24) is 9.97 Å². The van der Waals surface area contributed by atoms with Crippen LogP contribution in [0.25, 0.3) is 11.3 Å². The zero-order valence-corrected chi connectivity index (χ0v) is 12.2. The first kappa shape index (κ1) is 14.6. The van der Waals surface area contributed by atoms with Crippen LogP contribution in [0.3, 0.4) is 0 Å². The Morgan fingerprint density at radius 2 is 2.05 bits per heavy atom. The highest BCUT2D eigenvalue weighted by atomic mass is 19.3. The highest BCUT2D eigenvalue weighted by molar-refractivity contribution is 5.95. The van der Waals surface area contributed by atoms with Crippen LogP contribution in [0.1, 0.15) is 12.5 Å². The summed E-state index contributed by atoms with van der Waals surface area (Å²) in [5.41, 5.74) is 2.44. The number of carbonyl (C=O) groups excluding carboxylic acids is 1. The van der Waals surface area contributed by atoms with Crippen LogP contribution < -0.4 is 5.32 Å². The van der Waals surface area contributed by atoms with Crippen molar-refractivity contribution in [2.45, 2.75) is 19.8 Å². The monoisotopic (exact) mass is 303 g/mol. The van der Waals surface area contributed by atoms with Crippen LogP contribution >= 0.6 is 0 Å². The molecule has 4 nitrogen and oxygen atoms in total. The third kappa shape index (κ3) is 2.45. The molecule has 1 N–H and O–H groups in total. The number of hydrogen-bond acceptors (Lipinski definition) is 3. The van der Waals surface area contributed by atoms with E-state index in [2.05, 4.69) is 15.3 Å². The summed E-state index contributed by atoms with van der Waals surface area (Å²) in [6.45, 7) is 3.24. The quantitative estimate of drug-likeness (QED) is 0.946. The maximum Gasteiger partial charge on any atom is 0.263 e. The van der Waals surface area contributed by atoms with Gasteiger partial charge < -0.3 is 5.32 Å². The van der Waals surface area contributed by atoms with Crippen LogP contribution in [-0.4, -0.2) is 21.8 Å². The molecule has 2 aromatic heterocycles. The third-order valence-electron chi connectivity index (χ3n) is 3.99. The van der Waals surface area contributed by atoms with Crippen molar-refractivity contribution in [2.24, 2.45) is 11.8 Å². The Morgan fingerprint density at radius 1 is 1.32 bits per heavy atom. The van der Waals surface area contributed by atoms with E-state index in [9.17, 15) is 13.6 Å². The van der Waals surface area contributed by atoms with Crippen LogP contribution in [0, 0.1) is 18.8 Å². The molecule has 0 aromatic carbocycles. The molecule has 2 atom stereocenters. The first-order chi connectivity index (χ1) is 10.4. The van der Waals surface area contributed by atoms with Gasteiger partial charge in [0.15, 0.2) is 0 Å². The van der Waals surface area contributed by atoms with E-state index in [-0.39, 0.29) is 5.82 Å². The largest absolute Gasteiger partial charge is 0.310 e. The van der Waals surface area contributed by atoms with Crippen molar-refractivity contribution >= 4 is 11.7 Å². The second kappa shape index (κ2) is 5.12. The molecule has 0 radical (unpaired) electrons. The Labute approximate surface area is 126 Å². The molecule has 1 saturated carbocycles. The number of carbonyl (C=O) groups is 1. The molecule has 0 bridgehead atoms. The van der Waals surface area contributed by atoms with Gasteiger partial charge in [0, 0.05) is 23.9 Å². The Bertz CT molecular complexity index is 719. The minimum absolute atomic E-state index is 0.256. The number of nitrogens with zero attached hydrogens (tertiary/aromatic N) is 2. The highest BCUT2D eigenvalue weighted by Crippen LogP contribution is 2.55. The normalized spacial score (nSPS) is 22.2. The summed E-state index contributed by atoms with van der Waals surface area (Å²) in [7, 11) is 0. The molecule has 0 aliphatic heterocycles. The number of hydrogen-bond donors (Lipinski definition) is 1. The van der Waals surface area contributed by atoms with Crippen molar-refractivity contribution < 1.29 is 13.6 Å². The molecular weight excluding hydrogens is 288 g/mol. The average molecular weight is 303 g/mol. The minimum atomic E-state index is -2.92. The molecule has 0 saturated heterocycles. The summed E-state index contributed by atoms with van der Waals surface area (Å²) < 4.78 is 26.5. The molecule has 1 aliphatic carbocycles. The lowest BCUT2D eigenvalue weighted by atomic mass is 10.1. The van der Waals surface area contributed by atoms with Crippen LogP contribution in [0.15, 0.2) is 36.7 Å². The van der Waals surface area contributed by atoms with Crippen LogP contribution in [0.4, 0.5) is 14.6 Å². The fourth-order valence-electron chi connectivity index (χ4n) is 2.48. The molecule has 114 valence electrons. The SMILES string of the molecule is Cc1cnc(NC(=O)[C@@H]2[C@H](C)C2(F)F)cc1-c1ccccn1. The summed E-state index contributed by atoms with van der Waals surface area (Å²) in [6.07, 6.45) is 3.26. The fraction of sp³-hybridized carbons (Fsp3) is 0.312. The van der Waals surface area contributed by atoms with E-state index in [1.807, 2.05) is 19.1 Å². The summed E-state index contributed by atoms with van der Waals surface area (Å²) in [6, 6.07) is 7.15. The first-order valence-corrected chi connectivity index (χ1v) is 6.98. The first-order valence-electron chi connectivity index (χ1n) is 6.98. The Morgan fingerprint density at radius 3 is 2.64 bits per heavy atom. The number of aryl methyl sites for hydroxylation is 1. The molecule has 1 aliphatic rings. The van der Waals surface area contributed by atoms with Crippen molar-refractivity contribution in [3.8, 4) is 11.3 Å². The maximum absolute atomic E-state index is 13.3.